The first kappa shape index (κ1) is 23.0. The van der Waals surface area contributed by atoms with Crippen molar-refractivity contribution in [3.8, 4) is 0 Å². The number of aryl methyl sites for hydroxylation is 1. The zero-order valence-electron chi connectivity index (χ0n) is 18.1. The molecule has 0 aromatic heterocycles. The number of anilines is 2. The minimum atomic E-state index is -3.59. The molecule has 0 aliphatic heterocycles. The lowest BCUT2D eigenvalue weighted by atomic mass is 9.96. The van der Waals surface area contributed by atoms with Gasteiger partial charge in [-0.25, -0.2) is 8.42 Å². The number of hydrogen-bond donors (Lipinski definition) is 2. The largest absolute Gasteiger partial charge is 0.326 e. The monoisotopic (exact) mass is 443 g/mol. The Hall–Kier alpha value is -2.71. The summed E-state index contributed by atoms with van der Waals surface area (Å²) in [5.74, 6) is -0.500. The Morgan fingerprint density at radius 3 is 2.19 bits per heavy atom. The van der Waals surface area contributed by atoms with Gasteiger partial charge in [-0.15, -0.1) is 0 Å². The van der Waals surface area contributed by atoms with Gasteiger partial charge in [-0.1, -0.05) is 19.3 Å². The molecule has 0 bridgehead atoms. The van der Waals surface area contributed by atoms with Crippen molar-refractivity contribution in [1.82, 2.24) is 4.31 Å². The van der Waals surface area contributed by atoms with E-state index in [0.717, 1.165) is 37.7 Å². The van der Waals surface area contributed by atoms with Crippen LogP contribution in [0.25, 0.3) is 0 Å². The summed E-state index contributed by atoms with van der Waals surface area (Å²) in [6.45, 7) is 3.27. The normalized spacial score (nSPS) is 15.0. The highest BCUT2D eigenvalue weighted by Gasteiger charge is 2.29. The Bertz CT molecular complexity index is 1060. The lowest BCUT2D eigenvalue weighted by Crippen LogP contribution is -2.38. The number of hydrogen-bond acceptors (Lipinski definition) is 4. The van der Waals surface area contributed by atoms with E-state index in [1.807, 2.05) is 6.92 Å². The molecule has 0 unspecified atom stereocenters. The fourth-order valence-corrected chi connectivity index (χ4v) is 5.28. The molecule has 7 nitrogen and oxygen atoms in total. The highest BCUT2D eigenvalue weighted by Crippen LogP contribution is 2.27. The molecule has 2 aromatic rings. The third-order valence-corrected chi connectivity index (χ3v) is 7.60. The van der Waals surface area contributed by atoms with E-state index >= 15 is 0 Å². The minimum absolute atomic E-state index is 0.0328. The molecule has 0 saturated heterocycles. The zero-order chi connectivity index (χ0) is 22.6. The fraction of sp³-hybridized carbons (Fsp3) is 0.391. The summed E-state index contributed by atoms with van der Waals surface area (Å²) in [5, 5.41) is 5.53. The van der Waals surface area contributed by atoms with Crippen LogP contribution in [0.1, 0.15) is 54.9 Å². The highest BCUT2D eigenvalue weighted by molar-refractivity contribution is 7.89. The fourth-order valence-electron chi connectivity index (χ4n) is 3.86. The molecular weight excluding hydrogens is 414 g/mol. The van der Waals surface area contributed by atoms with E-state index in [9.17, 15) is 18.0 Å². The van der Waals surface area contributed by atoms with E-state index in [0.29, 0.717) is 16.9 Å². The van der Waals surface area contributed by atoms with Gasteiger partial charge in [-0.2, -0.15) is 4.31 Å². The van der Waals surface area contributed by atoms with Crippen LogP contribution in [0, 0.1) is 6.92 Å². The van der Waals surface area contributed by atoms with Gasteiger partial charge in [0, 0.05) is 37.0 Å². The molecule has 0 radical (unpaired) electrons. The lowest BCUT2D eigenvalue weighted by Gasteiger charge is -2.30. The Morgan fingerprint density at radius 2 is 1.61 bits per heavy atom. The van der Waals surface area contributed by atoms with E-state index in [1.165, 1.54) is 35.5 Å². The first-order valence-electron chi connectivity index (χ1n) is 10.5. The molecule has 166 valence electrons. The molecule has 2 amide bonds. The summed E-state index contributed by atoms with van der Waals surface area (Å²) in [7, 11) is -1.96. The van der Waals surface area contributed by atoms with Gasteiger partial charge in [0.2, 0.25) is 15.9 Å². The van der Waals surface area contributed by atoms with Crippen molar-refractivity contribution in [2.24, 2.45) is 0 Å². The van der Waals surface area contributed by atoms with Crippen LogP contribution in [0.4, 0.5) is 11.4 Å². The second kappa shape index (κ2) is 9.62. The van der Waals surface area contributed by atoms with Gasteiger partial charge in [0.25, 0.3) is 5.91 Å². The number of nitrogens with one attached hydrogen (secondary N) is 2. The maximum Gasteiger partial charge on any atom is 0.255 e. The van der Waals surface area contributed by atoms with Crippen LogP contribution in [0.3, 0.4) is 0 Å². The predicted molar refractivity (Wildman–Crippen MR) is 122 cm³/mol. The minimum Gasteiger partial charge on any atom is -0.326 e. The molecular formula is C23H29N3O4S. The molecule has 8 heteroatoms. The summed E-state index contributed by atoms with van der Waals surface area (Å²) in [4.78, 5) is 24.0. The van der Waals surface area contributed by atoms with Gasteiger partial charge in [0.15, 0.2) is 0 Å². The third kappa shape index (κ3) is 5.51. The molecule has 3 rings (SSSR count). The second-order valence-electron chi connectivity index (χ2n) is 8.00. The van der Waals surface area contributed by atoms with Crippen LogP contribution in [-0.2, 0) is 14.8 Å². The Labute approximate surface area is 183 Å². The lowest BCUT2D eigenvalue weighted by molar-refractivity contribution is -0.114. The van der Waals surface area contributed by atoms with E-state index in [4.69, 9.17) is 0 Å². The zero-order valence-corrected chi connectivity index (χ0v) is 19.0. The van der Waals surface area contributed by atoms with Crippen molar-refractivity contribution in [3.05, 3.63) is 53.6 Å². The van der Waals surface area contributed by atoms with Gasteiger partial charge in [0.1, 0.15) is 0 Å². The Kier molecular flexibility index (Phi) is 7.12. The number of nitrogens with zero attached hydrogens (tertiary/aromatic N) is 1. The molecule has 0 atom stereocenters. The van der Waals surface area contributed by atoms with E-state index in [-0.39, 0.29) is 22.8 Å². The number of amides is 2. The summed E-state index contributed by atoms with van der Waals surface area (Å²) in [6, 6.07) is 11.2. The molecule has 2 N–H and O–H groups in total. The number of carbonyl (C=O) groups excluding carboxylic acids is 2. The quantitative estimate of drug-likeness (QED) is 0.701. The van der Waals surface area contributed by atoms with Gasteiger partial charge in [-0.05, 0) is 67.8 Å². The first-order chi connectivity index (χ1) is 14.7. The van der Waals surface area contributed by atoms with Crippen molar-refractivity contribution in [2.45, 2.75) is 56.9 Å². The summed E-state index contributed by atoms with van der Waals surface area (Å²) >= 11 is 0. The van der Waals surface area contributed by atoms with Crippen molar-refractivity contribution >= 4 is 33.2 Å². The topological polar surface area (TPSA) is 95.6 Å². The van der Waals surface area contributed by atoms with Crippen LogP contribution in [0.2, 0.25) is 0 Å². The van der Waals surface area contributed by atoms with Gasteiger partial charge < -0.3 is 10.6 Å². The number of rotatable bonds is 6. The first-order valence-corrected chi connectivity index (χ1v) is 11.9. The van der Waals surface area contributed by atoms with Gasteiger partial charge in [-0.3, -0.25) is 9.59 Å². The summed E-state index contributed by atoms with van der Waals surface area (Å²) in [5.41, 5.74) is 2.45. The number of sulfonamides is 1. The molecule has 31 heavy (non-hydrogen) atoms. The van der Waals surface area contributed by atoms with Crippen LogP contribution in [0.5, 0.6) is 0 Å². The maximum absolute atomic E-state index is 12.9. The van der Waals surface area contributed by atoms with E-state index in [1.54, 1.807) is 25.2 Å². The smallest absolute Gasteiger partial charge is 0.255 e. The van der Waals surface area contributed by atoms with Crippen LogP contribution in [0.15, 0.2) is 47.4 Å². The molecule has 2 aromatic carbocycles. The maximum atomic E-state index is 12.9. The van der Waals surface area contributed by atoms with Gasteiger partial charge in [0.05, 0.1) is 4.90 Å². The SMILES string of the molecule is CC(=O)Nc1ccc(NC(=O)c2ccc(S(=O)(=O)N(C)C3CCCCC3)cc2)cc1C. The highest BCUT2D eigenvalue weighted by atomic mass is 32.2. The van der Waals surface area contributed by atoms with Gasteiger partial charge >= 0.3 is 0 Å². The Morgan fingerprint density at radius 1 is 0.968 bits per heavy atom. The molecule has 1 aliphatic carbocycles. The molecule has 1 fully saturated rings. The average molecular weight is 444 g/mol. The van der Waals surface area contributed by atoms with Crippen LogP contribution >= 0.6 is 0 Å². The van der Waals surface area contributed by atoms with Crippen LogP contribution in [-0.4, -0.2) is 37.6 Å². The molecule has 0 heterocycles. The summed E-state index contributed by atoms with van der Waals surface area (Å²) < 4.78 is 27.4. The summed E-state index contributed by atoms with van der Waals surface area (Å²) in [6.07, 6.45) is 5.03. The second-order valence-corrected chi connectivity index (χ2v) is 10.00. The average Bonchev–Trinajstić information content (AvgIpc) is 2.75. The van der Waals surface area contributed by atoms with Crippen molar-refractivity contribution in [1.29, 1.82) is 0 Å². The molecule has 1 aliphatic rings. The molecule has 1 saturated carbocycles. The predicted octanol–water partition coefficient (Wildman–Crippen LogP) is 4.16. The van der Waals surface area contributed by atoms with Crippen molar-refractivity contribution in [2.75, 3.05) is 17.7 Å². The Balaban J connectivity index is 1.70. The standard InChI is InChI=1S/C23H29N3O4S/c1-16-15-19(11-14-22(16)24-17(2)27)25-23(28)18-9-12-21(13-10-18)31(29,30)26(3)20-7-5-4-6-8-20/h9-15,20H,4-8H2,1-3H3,(H,24,27)(H,25,28). The van der Waals surface area contributed by atoms with Crippen molar-refractivity contribution in [3.63, 3.8) is 0 Å². The van der Waals surface area contributed by atoms with Crippen LogP contribution < -0.4 is 10.6 Å². The van der Waals surface area contributed by atoms with E-state index in [2.05, 4.69) is 10.6 Å². The molecule has 0 spiro atoms. The van der Waals surface area contributed by atoms with E-state index < -0.39 is 10.0 Å². The number of benzene rings is 2. The van der Waals surface area contributed by atoms with Crippen molar-refractivity contribution < 1.29 is 18.0 Å². The number of carbonyl (C=O) groups is 2. The third-order valence-electron chi connectivity index (χ3n) is 5.68.